The van der Waals surface area contributed by atoms with Crippen molar-refractivity contribution in [1.82, 2.24) is 0 Å². The van der Waals surface area contributed by atoms with Crippen LogP contribution in [0, 0.1) is 10.2 Å². The SMILES string of the molecule is [Li][Cu]([CH3])[C]#N. The summed E-state index contributed by atoms with van der Waals surface area (Å²) in [6, 6.07) is 0. The topological polar surface area (TPSA) is 23.8 Å². The Balaban J connectivity index is 2.94. The number of rotatable bonds is 0. The van der Waals surface area contributed by atoms with Crippen LogP contribution < -0.4 is 0 Å². The summed E-state index contributed by atoms with van der Waals surface area (Å²) >= 11 is 1.92. The molecule has 0 N–H and O–H groups in total. The number of nitriles is 1. The molecule has 0 aliphatic heterocycles. The molecule has 0 amide bonds. The van der Waals surface area contributed by atoms with E-state index < -0.39 is 0 Å². The quantitative estimate of drug-likeness (QED) is 0.410. The Hall–Kier alpha value is 0.607. The first-order valence-electron chi connectivity index (χ1n) is 0.977. The summed E-state index contributed by atoms with van der Waals surface area (Å²) in [6.07, 6.45) is 0. The Morgan fingerprint density at radius 3 is 2.20 bits per heavy atom. The predicted octanol–water partition coefficient (Wildman–Crippen LogP) is 0.217. The Bertz CT molecular complexity index is 55.2. The predicted molar refractivity (Wildman–Crippen MR) is 17.2 cm³/mol. The Morgan fingerprint density at radius 2 is 2.20 bits per heavy atom. The van der Waals surface area contributed by atoms with Crippen LogP contribution in [0.2, 0.25) is 5.82 Å². The van der Waals surface area contributed by atoms with E-state index in [9.17, 15) is 0 Å². The van der Waals surface area contributed by atoms with Crippen molar-refractivity contribution in [1.29, 1.82) is 5.26 Å². The van der Waals surface area contributed by atoms with Crippen molar-refractivity contribution in [2.45, 2.75) is 5.82 Å². The maximum absolute atomic E-state index is 7.90. The first-order valence-corrected chi connectivity index (χ1v) is 3.33. The molecule has 3 heteroatoms. The molecule has 0 atom stereocenters. The molecule has 0 aliphatic rings. The van der Waals surface area contributed by atoms with Crippen molar-refractivity contribution in [3.05, 3.63) is 0 Å². The molecule has 1 nitrogen and oxygen atoms in total. The molecule has 0 saturated carbocycles. The number of hydrogen-bond donors (Lipinski definition) is 0. The van der Waals surface area contributed by atoms with Crippen LogP contribution in [0.1, 0.15) is 0 Å². The zero-order chi connectivity index (χ0) is 4.28. The fraction of sp³-hybridized carbons (Fsp3) is 0.500. The van der Waals surface area contributed by atoms with Gasteiger partial charge < -0.3 is 0 Å². The van der Waals surface area contributed by atoms with E-state index in [0.29, 0.717) is 0 Å². The van der Waals surface area contributed by atoms with Crippen LogP contribution in [0.4, 0.5) is 0 Å². The molecule has 5 heavy (non-hydrogen) atoms. The van der Waals surface area contributed by atoms with E-state index in [0.717, 1.165) is 0 Å². The Morgan fingerprint density at radius 1 is 2.00 bits per heavy atom. The van der Waals surface area contributed by atoms with Gasteiger partial charge in [0.25, 0.3) is 0 Å². The second-order valence-corrected chi connectivity index (χ2v) is 2.76. The monoisotopic (exact) mass is 111 g/mol. The average molecular weight is 112 g/mol. The molecular weight excluding hydrogens is 109 g/mol. The molecule has 0 rings (SSSR count). The second-order valence-electron chi connectivity index (χ2n) is 0.670. The third-order valence-corrected chi connectivity index (χ3v) is 0.556. The molecule has 0 aromatic carbocycles. The van der Waals surface area contributed by atoms with E-state index in [-0.39, 0.29) is 11.7 Å². The van der Waals surface area contributed by atoms with Crippen molar-refractivity contribution in [2.24, 2.45) is 0 Å². The van der Waals surface area contributed by atoms with Crippen LogP contribution in [0.5, 0.6) is 0 Å². The number of nitrogens with zero attached hydrogens (tertiary/aromatic N) is 1. The van der Waals surface area contributed by atoms with Gasteiger partial charge in [0.05, 0.1) is 0 Å². The average Bonchev–Trinajstić information content (AvgIpc) is 1.38. The molecule has 0 aromatic heterocycles. The summed E-state index contributed by atoms with van der Waals surface area (Å²) in [4.78, 5) is 2.05. The van der Waals surface area contributed by atoms with Gasteiger partial charge in [-0.05, 0) is 0 Å². The summed E-state index contributed by atoms with van der Waals surface area (Å²) in [5.74, 6) is 1.88. The third-order valence-electron chi connectivity index (χ3n) is 0.135. The first kappa shape index (κ1) is 5.61. The van der Waals surface area contributed by atoms with Crippen LogP contribution in [-0.4, -0.2) is 15.8 Å². The van der Waals surface area contributed by atoms with E-state index in [1.807, 2.05) is 26.6 Å². The summed E-state index contributed by atoms with van der Waals surface area (Å²) in [5.41, 5.74) is 0. The molecule has 0 aromatic rings. The molecule has 0 aliphatic carbocycles. The summed E-state index contributed by atoms with van der Waals surface area (Å²) in [5, 5.41) is 7.90. The van der Waals surface area contributed by atoms with Crippen LogP contribution in [0.15, 0.2) is 0 Å². The molecule has 0 heterocycles. The van der Waals surface area contributed by atoms with Gasteiger partial charge >= 0.3 is 43.5 Å². The van der Waals surface area contributed by atoms with Crippen molar-refractivity contribution in [2.75, 3.05) is 0 Å². The van der Waals surface area contributed by atoms with Crippen molar-refractivity contribution < 1.29 is 11.7 Å². The van der Waals surface area contributed by atoms with E-state index in [1.54, 1.807) is 0 Å². The minimum atomic E-state index is 0.0347. The molecular formula is C2H3CuLiN. The zero-order valence-electron chi connectivity index (χ0n) is 3.25. The molecule has 0 fully saturated rings. The fourth-order valence-corrected chi connectivity index (χ4v) is 0. The van der Waals surface area contributed by atoms with Crippen LogP contribution in [0.25, 0.3) is 0 Å². The van der Waals surface area contributed by atoms with Gasteiger partial charge in [-0.2, -0.15) is 0 Å². The van der Waals surface area contributed by atoms with Crippen LogP contribution in [0.3, 0.4) is 0 Å². The molecule has 0 bridgehead atoms. The van der Waals surface area contributed by atoms with Gasteiger partial charge in [-0.1, -0.05) is 0 Å². The van der Waals surface area contributed by atoms with Gasteiger partial charge in [-0.15, -0.1) is 0 Å². The van der Waals surface area contributed by atoms with Gasteiger partial charge in [0.2, 0.25) is 0 Å². The Labute approximate surface area is 43.7 Å². The number of hydrogen-bond acceptors (Lipinski definition) is 1. The molecule has 0 unspecified atom stereocenters. The first-order chi connectivity index (χ1) is 2.27. The summed E-state index contributed by atoms with van der Waals surface area (Å²) < 4.78 is 0. The van der Waals surface area contributed by atoms with E-state index >= 15 is 0 Å². The summed E-state index contributed by atoms with van der Waals surface area (Å²) in [7, 11) is 0. The summed E-state index contributed by atoms with van der Waals surface area (Å²) in [6.45, 7) is 0. The van der Waals surface area contributed by atoms with Gasteiger partial charge in [0.15, 0.2) is 0 Å². The fourth-order valence-electron chi connectivity index (χ4n) is 0. The minimum absolute atomic E-state index is 0.0347. The van der Waals surface area contributed by atoms with Gasteiger partial charge in [-0.3, -0.25) is 0 Å². The zero-order valence-corrected chi connectivity index (χ0v) is 4.19. The van der Waals surface area contributed by atoms with Gasteiger partial charge in [0, 0.05) is 0 Å². The van der Waals surface area contributed by atoms with Gasteiger partial charge in [-0.25, -0.2) is 0 Å². The van der Waals surface area contributed by atoms with E-state index in [4.69, 9.17) is 5.26 Å². The van der Waals surface area contributed by atoms with E-state index in [2.05, 4.69) is 0 Å². The standard InChI is InChI=1S/CN.CH3.Cu.Li/c1-2;;;/h;1H3;;. The van der Waals surface area contributed by atoms with E-state index in [1.165, 1.54) is 0 Å². The molecule has 0 radical (unpaired) electrons. The molecule has 28 valence electrons. The van der Waals surface area contributed by atoms with Crippen LogP contribution in [-0.2, 0) is 11.7 Å². The van der Waals surface area contributed by atoms with Crippen molar-refractivity contribution >= 4 is 15.8 Å². The molecule has 0 saturated heterocycles. The Kier molecular flexibility index (Phi) is 3.17. The second kappa shape index (κ2) is 2.82. The third kappa shape index (κ3) is 4.61. The van der Waals surface area contributed by atoms with Gasteiger partial charge in [0.1, 0.15) is 0 Å². The van der Waals surface area contributed by atoms with Crippen LogP contribution >= 0.6 is 0 Å². The normalized spacial score (nSPS) is 9.60. The molecule has 0 spiro atoms. The maximum atomic E-state index is 7.90. The van der Waals surface area contributed by atoms with Crippen molar-refractivity contribution in [3.8, 4) is 4.97 Å². The van der Waals surface area contributed by atoms with Crippen molar-refractivity contribution in [3.63, 3.8) is 0 Å².